The van der Waals surface area contributed by atoms with Crippen LogP contribution >= 0.6 is 0 Å². The van der Waals surface area contributed by atoms with Crippen molar-refractivity contribution in [2.45, 2.75) is 72.9 Å². The van der Waals surface area contributed by atoms with Gasteiger partial charge in [0.05, 0.1) is 23.3 Å². The van der Waals surface area contributed by atoms with Crippen LogP contribution in [0.3, 0.4) is 0 Å². The number of hydrogen-bond acceptors (Lipinski definition) is 4. The molecule has 1 aliphatic carbocycles. The SMILES string of the molecule is C.CC1CCC(Nc2nc3ccccc3n2Cc2ccccn2)CC1.CCCNC(C)=O. The third kappa shape index (κ3) is 7.36. The minimum atomic E-state index is 0. The topological polar surface area (TPSA) is 71.8 Å². The van der Waals surface area contributed by atoms with Crippen LogP contribution in [0.4, 0.5) is 5.95 Å². The molecule has 1 amide bonds. The summed E-state index contributed by atoms with van der Waals surface area (Å²) in [6.45, 7) is 7.44. The number of fused-ring (bicyclic) bond motifs is 1. The molecule has 3 aromatic rings. The van der Waals surface area contributed by atoms with Gasteiger partial charge in [-0.15, -0.1) is 0 Å². The molecule has 32 heavy (non-hydrogen) atoms. The van der Waals surface area contributed by atoms with Crippen LogP contribution in [0.25, 0.3) is 11.0 Å². The van der Waals surface area contributed by atoms with Gasteiger partial charge in [0.15, 0.2) is 0 Å². The molecule has 0 saturated heterocycles. The third-order valence-electron chi connectivity index (χ3n) is 5.67. The van der Waals surface area contributed by atoms with E-state index in [2.05, 4.69) is 51.4 Å². The number of rotatable bonds is 6. The molecule has 4 rings (SSSR count). The maximum absolute atomic E-state index is 10.1. The number of nitrogens with zero attached hydrogens (tertiary/aromatic N) is 3. The molecule has 2 aromatic heterocycles. The number of imidazole rings is 1. The van der Waals surface area contributed by atoms with Crippen molar-refractivity contribution in [2.24, 2.45) is 5.92 Å². The first-order valence-electron chi connectivity index (χ1n) is 11.4. The summed E-state index contributed by atoms with van der Waals surface area (Å²) in [4.78, 5) is 19.4. The Morgan fingerprint density at radius 2 is 1.81 bits per heavy atom. The first-order valence-corrected chi connectivity index (χ1v) is 11.4. The molecule has 6 heteroatoms. The van der Waals surface area contributed by atoms with E-state index in [-0.39, 0.29) is 13.3 Å². The second-order valence-corrected chi connectivity index (χ2v) is 8.42. The Balaban J connectivity index is 0.000000398. The summed E-state index contributed by atoms with van der Waals surface area (Å²) < 4.78 is 2.26. The zero-order chi connectivity index (χ0) is 22.1. The van der Waals surface area contributed by atoms with Crippen LogP contribution < -0.4 is 10.6 Å². The summed E-state index contributed by atoms with van der Waals surface area (Å²) in [5, 5.41) is 6.36. The van der Waals surface area contributed by atoms with Crippen molar-refractivity contribution >= 4 is 22.9 Å². The van der Waals surface area contributed by atoms with Crippen molar-refractivity contribution in [3.63, 3.8) is 0 Å². The number of hydrogen-bond donors (Lipinski definition) is 2. The highest BCUT2D eigenvalue weighted by Gasteiger charge is 2.20. The first kappa shape index (κ1) is 25.4. The highest BCUT2D eigenvalue weighted by Crippen LogP contribution is 2.27. The molecule has 1 aliphatic rings. The van der Waals surface area contributed by atoms with Gasteiger partial charge >= 0.3 is 0 Å². The first-order chi connectivity index (χ1) is 15.1. The molecular formula is C26H39N5O. The largest absolute Gasteiger partial charge is 0.356 e. The fourth-order valence-electron chi connectivity index (χ4n) is 3.89. The summed E-state index contributed by atoms with van der Waals surface area (Å²) in [6.07, 6.45) is 7.93. The molecule has 174 valence electrons. The van der Waals surface area contributed by atoms with E-state index < -0.39 is 0 Å². The molecule has 0 bridgehead atoms. The van der Waals surface area contributed by atoms with Crippen LogP contribution in [0.2, 0.25) is 0 Å². The Morgan fingerprint density at radius 1 is 1.09 bits per heavy atom. The molecule has 0 unspecified atom stereocenters. The number of aromatic nitrogens is 3. The molecule has 2 N–H and O–H groups in total. The van der Waals surface area contributed by atoms with Gasteiger partial charge in [-0.25, -0.2) is 4.98 Å². The minimum absolute atomic E-state index is 0. The second kappa shape index (κ2) is 12.8. The van der Waals surface area contributed by atoms with Gasteiger partial charge in [-0.3, -0.25) is 9.78 Å². The summed E-state index contributed by atoms with van der Waals surface area (Å²) in [6, 6.07) is 14.9. The molecule has 0 atom stereocenters. The van der Waals surface area contributed by atoms with E-state index in [0.29, 0.717) is 6.04 Å². The average Bonchev–Trinajstić information content (AvgIpc) is 3.12. The lowest BCUT2D eigenvalue weighted by Gasteiger charge is -2.27. The van der Waals surface area contributed by atoms with Gasteiger partial charge < -0.3 is 15.2 Å². The Hall–Kier alpha value is -2.89. The van der Waals surface area contributed by atoms with E-state index in [0.717, 1.165) is 48.1 Å². The van der Waals surface area contributed by atoms with Crippen LogP contribution in [0.1, 0.15) is 66.0 Å². The average molecular weight is 438 g/mol. The number of nitrogens with one attached hydrogen (secondary N) is 2. The van der Waals surface area contributed by atoms with Crippen LogP contribution in [0.15, 0.2) is 48.7 Å². The predicted octanol–water partition coefficient (Wildman–Crippen LogP) is 5.64. The predicted molar refractivity (Wildman–Crippen MR) is 134 cm³/mol. The number of carbonyl (C=O) groups excluding carboxylic acids is 1. The van der Waals surface area contributed by atoms with Crippen LogP contribution in [-0.2, 0) is 11.3 Å². The maximum Gasteiger partial charge on any atom is 0.216 e. The molecule has 1 aromatic carbocycles. The number of benzene rings is 1. The van der Waals surface area contributed by atoms with Gasteiger partial charge in [0.25, 0.3) is 0 Å². The Kier molecular flexibility index (Phi) is 10.2. The summed E-state index contributed by atoms with van der Waals surface area (Å²) in [5.74, 6) is 1.89. The van der Waals surface area contributed by atoms with E-state index in [1.54, 1.807) is 0 Å². The van der Waals surface area contributed by atoms with Gasteiger partial charge in [0.1, 0.15) is 0 Å². The summed E-state index contributed by atoms with van der Waals surface area (Å²) >= 11 is 0. The minimum Gasteiger partial charge on any atom is -0.356 e. The van der Waals surface area contributed by atoms with Crippen LogP contribution in [0, 0.1) is 5.92 Å². The van der Waals surface area contributed by atoms with Gasteiger partial charge in [0.2, 0.25) is 11.9 Å². The number of para-hydroxylation sites is 2. The Morgan fingerprint density at radius 3 is 2.44 bits per heavy atom. The number of carbonyl (C=O) groups is 1. The van der Waals surface area contributed by atoms with Gasteiger partial charge in [0, 0.05) is 25.7 Å². The smallest absolute Gasteiger partial charge is 0.216 e. The molecule has 6 nitrogen and oxygen atoms in total. The van der Waals surface area contributed by atoms with E-state index in [9.17, 15) is 4.79 Å². The van der Waals surface area contributed by atoms with Crippen molar-refractivity contribution in [1.82, 2.24) is 19.9 Å². The lowest BCUT2D eigenvalue weighted by molar-refractivity contribution is -0.118. The van der Waals surface area contributed by atoms with Crippen molar-refractivity contribution < 1.29 is 4.79 Å². The normalized spacial score (nSPS) is 17.6. The fourth-order valence-corrected chi connectivity index (χ4v) is 3.89. The lowest BCUT2D eigenvalue weighted by atomic mass is 9.87. The van der Waals surface area contributed by atoms with Gasteiger partial charge in [-0.05, 0) is 62.3 Å². The lowest BCUT2D eigenvalue weighted by Crippen LogP contribution is -2.27. The van der Waals surface area contributed by atoms with Crippen LogP contribution in [0.5, 0.6) is 0 Å². The molecule has 0 aliphatic heterocycles. The molecule has 1 fully saturated rings. The summed E-state index contributed by atoms with van der Waals surface area (Å²) in [7, 11) is 0. The monoisotopic (exact) mass is 437 g/mol. The maximum atomic E-state index is 10.1. The summed E-state index contributed by atoms with van der Waals surface area (Å²) in [5.41, 5.74) is 3.26. The second-order valence-electron chi connectivity index (χ2n) is 8.42. The molecule has 0 radical (unpaired) electrons. The number of anilines is 1. The van der Waals surface area contributed by atoms with E-state index in [1.807, 2.05) is 31.3 Å². The zero-order valence-electron chi connectivity index (χ0n) is 19.0. The Bertz CT molecular complexity index is 945. The van der Waals surface area contributed by atoms with E-state index in [4.69, 9.17) is 4.98 Å². The third-order valence-corrected chi connectivity index (χ3v) is 5.67. The number of amides is 1. The van der Waals surface area contributed by atoms with E-state index in [1.165, 1.54) is 32.6 Å². The Labute approximate surface area is 192 Å². The van der Waals surface area contributed by atoms with Crippen molar-refractivity contribution in [2.75, 3.05) is 11.9 Å². The quantitative estimate of drug-likeness (QED) is 0.523. The molecular weight excluding hydrogens is 398 g/mol. The standard InChI is InChI=1S/C20H24N4.C5H11NO.CH4/c1-15-9-11-16(12-10-15)22-20-23-18-7-2-3-8-19(18)24(20)14-17-6-4-5-13-21-17;1-3-4-6-5(2)7;/h2-8,13,15-16H,9-12,14H2,1H3,(H,22,23);3-4H2,1-2H3,(H,6,7);1H4. The molecule has 0 spiro atoms. The van der Waals surface area contributed by atoms with E-state index >= 15 is 0 Å². The van der Waals surface area contributed by atoms with Gasteiger partial charge in [-0.1, -0.05) is 39.5 Å². The highest BCUT2D eigenvalue weighted by atomic mass is 16.1. The van der Waals surface area contributed by atoms with Crippen molar-refractivity contribution in [3.8, 4) is 0 Å². The molecule has 2 heterocycles. The van der Waals surface area contributed by atoms with Crippen molar-refractivity contribution in [3.05, 3.63) is 54.4 Å². The van der Waals surface area contributed by atoms with Crippen LogP contribution in [-0.4, -0.2) is 33.0 Å². The highest BCUT2D eigenvalue weighted by molar-refractivity contribution is 5.78. The van der Waals surface area contributed by atoms with Gasteiger partial charge in [-0.2, -0.15) is 0 Å². The number of pyridine rings is 1. The van der Waals surface area contributed by atoms with Crippen molar-refractivity contribution in [1.29, 1.82) is 0 Å². The fraction of sp³-hybridized carbons (Fsp3) is 0.500. The zero-order valence-corrected chi connectivity index (χ0v) is 19.0. The molecule has 1 saturated carbocycles.